The van der Waals surface area contributed by atoms with E-state index in [9.17, 15) is 5.21 Å². The maximum absolute atomic E-state index is 12.6. The van der Waals surface area contributed by atoms with E-state index in [1.54, 1.807) is 0 Å². The summed E-state index contributed by atoms with van der Waals surface area (Å²) in [4.78, 5) is 2.53. The molecule has 33 heavy (non-hydrogen) atoms. The molecule has 0 aliphatic carbocycles. The lowest BCUT2D eigenvalue weighted by Crippen LogP contribution is -2.59. The van der Waals surface area contributed by atoms with Gasteiger partial charge < -0.3 is 9.47 Å². The van der Waals surface area contributed by atoms with Crippen LogP contribution >= 0.6 is 12.2 Å². The second-order valence-corrected chi connectivity index (χ2v) is 12.3. The first-order chi connectivity index (χ1) is 15.1. The number of nitrogens with zero attached hydrogens (tertiary/aromatic N) is 2. The fraction of sp³-hybridized carbons (Fsp3) is 0.667. The van der Waals surface area contributed by atoms with Crippen LogP contribution in [-0.4, -0.2) is 50.5 Å². The number of rotatable bonds is 5. The highest BCUT2D eigenvalue weighted by atomic mass is 32.1. The largest absolute Gasteiger partial charge is 0.455 e. The van der Waals surface area contributed by atoms with Gasteiger partial charge in [0.05, 0.1) is 5.54 Å². The molecule has 0 spiro atoms. The van der Waals surface area contributed by atoms with Gasteiger partial charge in [0.15, 0.2) is 0 Å². The summed E-state index contributed by atoms with van der Waals surface area (Å²) in [6, 6.07) is 7.86. The van der Waals surface area contributed by atoms with E-state index in [-0.39, 0.29) is 16.3 Å². The zero-order chi connectivity index (χ0) is 24.7. The molecule has 2 aliphatic heterocycles. The fourth-order valence-electron chi connectivity index (χ4n) is 5.77. The van der Waals surface area contributed by atoms with E-state index in [1.165, 1.54) is 29.9 Å². The molecule has 0 aromatic heterocycles. The van der Waals surface area contributed by atoms with Crippen molar-refractivity contribution in [1.29, 1.82) is 0 Å². The molecule has 183 valence electrons. The Morgan fingerprint density at radius 1 is 0.939 bits per heavy atom. The Morgan fingerprint density at radius 3 is 2.06 bits per heavy atom. The van der Waals surface area contributed by atoms with E-state index in [0.717, 1.165) is 12.1 Å². The van der Waals surface area contributed by atoms with Gasteiger partial charge in [0.25, 0.3) is 0 Å². The van der Waals surface area contributed by atoms with E-state index in [2.05, 4.69) is 38.7 Å². The lowest BCUT2D eigenvalue weighted by molar-refractivity contribution is -0.260. The molecule has 0 saturated carbocycles. The highest BCUT2D eigenvalue weighted by Crippen LogP contribution is 2.40. The molecule has 2 aliphatic rings. The molecule has 6 heteroatoms. The number of ether oxygens (including phenoxy) is 2. The first-order valence-electron chi connectivity index (χ1n) is 12.1. The standard InChI is InChI=1S/C27H41N2O3S/c1-24(2)14-9-15-25(3,4)28(24)16-17-31-23(33)32-22-12-10-20(11-13-22)21-18-26(5,6)29(30)27(7,8)19-21/h10-13,18H,9,14-17,19H2,1-8H3. The van der Waals surface area contributed by atoms with Crippen molar-refractivity contribution >= 4 is 23.0 Å². The first kappa shape index (κ1) is 26.1. The van der Waals surface area contributed by atoms with Crippen molar-refractivity contribution in [2.45, 2.75) is 103 Å². The van der Waals surface area contributed by atoms with Crippen molar-refractivity contribution < 1.29 is 14.7 Å². The van der Waals surface area contributed by atoms with Crippen LogP contribution in [0.3, 0.4) is 0 Å². The van der Waals surface area contributed by atoms with Gasteiger partial charge in [-0.25, -0.2) is 0 Å². The van der Waals surface area contributed by atoms with Gasteiger partial charge in [0.1, 0.15) is 12.4 Å². The minimum absolute atomic E-state index is 0.150. The van der Waals surface area contributed by atoms with Gasteiger partial charge in [0.2, 0.25) is 0 Å². The van der Waals surface area contributed by atoms with E-state index in [0.29, 0.717) is 18.8 Å². The van der Waals surface area contributed by atoms with E-state index >= 15 is 0 Å². The van der Waals surface area contributed by atoms with Crippen LogP contribution < -0.4 is 4.74 Å². The normalized spacial score (nSPS) is 24.1. The van der Waals surface area contributed by atoms with Crippen molar-refractivity contribution in [2.24, 2.45) is 0 Å². The quantitative estimate of drug-likeness (QED) is 0.463. The van der Waals surface area contributed by atoms with Crippen LogP contribution in [0.25, 0.3) is 5.57 Å². The molecule has 0 unspecified atom stereocenters. The molecule has 1 fully saturated rings. The molecule has 5 nitrogen and oxygen atoms in total. The maximum Gasteiger partial charge on any atom is 0.357 e. The smallest absolute Gasteiger partial charge is 0.357 e. The molecule has 3 rings (SSSR count). The van der Waals surface area contributed by atoms with Crippen molar-refractivity contribution in [3.63, 3.8) is 0 Å². The highest BCUT2D eigenvalue weighted by molar-refractivity contribution is 7.79. The van der Waals surface area contributed by atoms with Crippen molar-refractivity contribution in [2.75, 3.05) is 13.2 Å². The Bertz CT molecular complexity index is 871. The summed E-state index contributed by atoms with van der Waals surface area (Å²) < 4.78 is 11.5. The lowest BCUT2D eigenvalue weighted by atomic mass is 9.80. The predicted octanol–water partition coefficient (Wildman–Crippen LogP) is 6.40. The summed E-state index contributed by atoms with van der Waals surface area (Å²) >= 11 is 5.33. The molecule has 1 saturated heterocycles. The van der Waals surface area contributed by atoms with Crippen LogP contribution in [0.4, 0.5) is 0 Å². The van der Waals surface area contributed by atoms with Gasteiger partial charge in [-0.05, 0) is 104 Å². The number of likely N-dealkylation sites (tertiary alicyclic amines) is 1. The van der Waals surface area contributed by atoms with Crippen LogP contribution in [0, 0.1) is 0 Å². The highest BCUT2D eigenvalue weighted by Gasteiger charge is 2.42. The summed E-state index contributed by atoms with van der Waals surface area (Å²) in [7, 11) is 0. The predicted molar refractivity (Wildman–Crippen MR) is 138 cm³/mol. The summed E-state index contributed by atoms with van der Waals surface area (Å²) in [6.45, 7) is 18.5. The van der Waals surface area contributed by atoms with E-state index in [1.807, 2.05) is 52.0 Å². The van der Waals surface area contributed by atoms with Gasteiger partial charge in [-0.15, -0.1) is 10.3 Å². The number of hydrogen-bond acceptors (Lipinski definition) is 5. The summed E-state index contributed by atoms with van der Waals surface area (Å²) in [5.41, 5.74) is 1.59. The topological polar surface area (TPSA) is 44.8 Å². The SMILES string of the molecule is CC1(C)C=C(c2ccc(OC(=S)OCCN3C(C)(C)CCCC3(C)C)cc2)CC(C)(C)N1[O]. The van der Waals surface area contributed by atoms with E-state index in [4.69, 9.17) is 21.7 Å². The van der Waals surface area contributed by atoms with Crippen LogP contribution in [0.5, 0.6) is 5.75 Å². The first-order valence-corrected chi connectivity index (χ1v) is 12.5. The average molecular weight is 474 g/mol. The number of hydrogen-bond donors (Lipinski definition) is 0. The third-order valence-corrected chi connectivity index (χ3v) is 7.42. The molecular weight excluding hydrogens is 432 g/mol. The lowest BCUT2D eigenvalue weighted by Gasteiger charge is -2.52. The number of thiocarbonyl (C=S) groups is 1. The molecule has 0 atom stereocenters. The second kappa shape index (κ2) is 9.29. The minimum atomic E-state index is -0.543. The van der Waals surface area contributed by atoms with Crippen LogP contribution in [0.1, 0.15) is 86.6 Å². The molecule has 0 N–H and O–H groups in total. The Kier molecular flexibility index (Phi) is 7.36. The zero-order valence-electron chi connectivity index (χ0n) is 21.7. The van der Waals surface area contributed by atoms with Gasteiger partial charge in [-0.1, -0.05) is 18.2 Å². The summed E-state index contributed by atoms with van der Waals surface area (Å²) in [5.74, 6) is 0.655. The maximum atomic E-state index is 12.6. The summed E-state index contributed by atoms with van der Waals surface area (Å²) in [6.07, 6.45) is 6.42. The molecule has 1 aromatic rings. The molecule has 0 bridgehead atoms. The number of hydroxylamine groups is 2. The minimum Gasteiger partial charge on any atom is -0.455 e. The number of piperidine rings is 1. The van der Waals surface area contributed by atoms with Crippen LogP contribution in [0.2, 0.25) is 0 Å². The van der Waals surface area contributed by atoms with Gasteiger partial charge in [-0.2, -0.15) is 0 Å². The molecule has 0 amide bonds. The Balaban J connectivity index is 1.57. The summed E-state index contributed by atoms with van der Waals surface area (Å²) in [5, 5.41) is 13.9. The molecule has 2 heterocycles. The molecule has 1 radical (unpaired) electrons. The monoisotopic (exact) mass is 473 g/mol. The Hall–Kier alpha value is -1.47. The third kappa shape index (κ3) is 5.97. The fourth-order valence-corrected chi connectivity index (χ4v) is 5.95. The Morgan fingerprint density at radius 2 is 1.52 bits per heavy atom. The molecular formula is C27H41N2O3S. The number of benzene rings is 1. The third-order valence-electron chi connectivity index (χ3n) is 7.22. The van der Waals surface area contributed by atoms with E-state index < -0.39 is 11.1 Å². The van der Waals surface area contributed by atoms with Crippen molar-refractivity contribution in [1.82, 2.24) is 9.96 Å². The van der Waals surface area contributed by atoms with Gasteiger partial charge in [0, 0.05) is 35.4 Å². The van der Waals surface area contributed by atoms with Gasteiger partial charge in [-0.3, -0.25) is 4.90 Å². The second-order valence-electron chi connectivity index (χ2n) is 12.0. The zero-order valence-corrected chi connectivity index (χ0v) is 22.5. The van der Waals surface area contributed by atoms with Crippen molar-refractivity contribution in [3.05, 3.63) is 35.9 Å². The van der Waals surface area contributed by atoms with Crippen molar-refractivity contribution in [3.8, 4) is 5.75 Å². The average Bonchev–Trinajstić information content (AvgIpc) is 2.68. The van der Waals surface area contributed by atoms with Crippen LogP contribution in [-0.2, 0) is 9.94 Å². The Labute approximate surface area is 205 Å². The van der Waals surface area contributed by atoms with Gasteiger partial charge >= 0.3 is 5.24 Å². The van der Waals surface area contributed by atoms with Crippen LogP contribution in [0.15, 0.2) is 30.3 Å². The molecule has 1 aromatic carbocycles.